The van der Waals surface area contributed by atoms with Gasteiger partial charge < -0.3 is 4.74 Å². The first-order valence-corrected chi connectivity index (χ1v) is 4.33. The Morgan fingerprint density at radius 2 is 1.70 bits per heavy atom. The van der Waals surface area contributed by atoms with Gasteiger partial charge in [0.2, 0.25) is 8.31 Å². The highest BCUT2D eigenvalue weighted by Crippen LogP contribution is 2.49. The Bertz CT molecular complexity index is 131. The molecule has 1 aliphatic rings. The zero-order valence-corrected chi connectivity index (χ0v) is 8.36. The molecular formula is C4H3Cl5O. The molecule has 1 fully saturated rings. The van der Waals surface area contributed by atoms with Crippen LogP contribution in [0.3, 0.4) is 0 Å². The fourth-order valence-electron chi connectivity index (χ4n) is 0.597. The van der Waals surface area contributed by atoms with Crippen LogP contribution in [0.15, 0.2) is 0 Å². The van der Waals surface area contributed by atoms with Crippen LogP contribution in [0.25, 0.3) is 0 Å². The average Bonchev–Trinajstić information content (AvgIpc) is 1.56. The van der Waals surface area contributed by atoms with Gasteiger partial charge in [0.05, 0.1) is 0 Å². The molecule has 1 nitrogen and oxygen atoms in total. The Balaban J connectivity index is 2.40. The van der Waals surface area contributed by atoms with Crippen LogP contribution in [0.2, 0.25) is 0 Å². The molecule has 0 aromatic carbocycles. The van der Waals surface area contributed by atoms with Gasteiger partial charge in [-0.05, 0) is 0 Å². The Labute approximate surface area is 83.5 Å². The van der Waals surface area contributed by atoms with Gasteiger partial charge in [-0.3, -0.25) is 0 Å². The molecule has 1 heterocycles. The zero-order chi connectivity index (χ0) is 7.99. The first-order valence-electron chi connectivity index (χ1n) is 2.44. The second kappa shape index (κ2) is 2.72. The lowest BCUT2D eigenvalue weighted by molar-refractivity contribution is -0.102. The van der Waals surface area contributed by atoms with Crippen molar-refractivity contribution in [2.75, 3.05) is 0 Å². The average molecular weight is 244 g/mol. The van der Waals surface area contributed by atoms with E-state index in [2.05, 4.69) is 0 Å². The van der Waals surface area contributed by atoms with Crippen LogP contribution < -0.4 is 0 Å². The van der Waals surface area contributed by atoms with Gasteiger partial charge in [0.15, 0.2) is 0 Å². The Morgan fingerprint density at radius 3 is 1.80 bits per heavy atom. The highest BCUT2D eigenvalue weighted by atomic mass is 35.6. The predicted octanol–water partition coefficient (Wildman–Crippen LogP) is 3.28. The molecule has 0 aliphatic carbocycles. The van der Waals surface area contributed by atoms with Gasteiger partial charge >= 0.3 is 0 Å². The monoisotopic (exact) mass is 242 g/mol. The third-order valence-electron chi connectivity index (χ3n) is 1.10. The fraction of sp³-hybridized carbons (Fsp3) is 1.00. The predicted molar refractivity (Wildman–Crippen MR) is 44.2 cm³/mol. The maximum Gasteiger partial charge on any atom is 0.220 e. The molecule has 1 aliphatic heterocycles. The molecule has 1 saturated heterocycles. The lowest BCUT2D eigenvalue weighted by atomic mass is 10.2. The summed E-state index contributed by atoms with van der Waals surface area (Å²) < 4.78 is 2.24. The molecule has 0 aromatic rings. The molecule has 0 bridgehead atoms. The van der Waals surface area contributed by atoms with Crippen LogP contribution in [0.1, 0.15) is 6.42 Å². The van der Waals surface area contributed by atoms with Gasteiger partial charge in [0, 0.05) is 6.42 Å². The summed E-state index contributed by atoms with van der Waals surface area (Å²) in [6.45, 7) is 0. The third kappa shape index (κ3) is 2.20. The number of ether oxygens (including phenoxy) is 1. The molecule has 0 aromatic heterocycles. The molecule has 0 spiro atoms. The van der Waals surface area contributed by atoms with E-state index in [1.54, 1.807) is 0 Å². The van der Waals surface area contributed by atoms with E-state index >= 15 is 0 Å². The van der Waals surface area contributed by atoms with E-state index in [9.17, 15) is 0 Å². The smallest absolute Gasteiger partial charge is 0.220 e. The topological polar surface area (TPSA) is 9.23 Å². The highest BCUT2D eigenvalue weighted by molar-refractivity contribution is 6.68. The van der Waals surface area contributed by atoms with Crippen molar-refractivity contribution in [3.05, 3.63) is 0 Å². The van der Waals surface area contributed by atoms with Gasteiger partial charge in [-0.1, -0.05) is 58.0 Å². The molecule has 0 saturated carbocycles. The summed E-state index contributed by atoms with van der Waals surface area (Å²) in [5.41, 5.74) is 0. The third-order valence-corrected chi connectivity index (χ3v) is 2.32. The summed E-state index contributed by atoms with van der Waals surface area (Å²) in [7, 11) is 0. The molecule has 0 radical (unpaired) electrons. The van der Waals surface area contributed by atoms with Crippen molar-refractivity contribution in [2.45, 2.75) is 20.8 Å². The summed E-state index contributed by atoms with van der Waals surface area (Å²) in [4.78, 5) is 0. The molecule has 10 heavy (non-hydrogen) atoms. The van der Waals surface area contributed by atoms with E-state index in [0.29, 0.717) is 6.42 Å². The van der Waals surface area contributed by atoms with Crippen molar-refractivity contribution in [3.8, 4) is 0 Å². The minimum Gasteiger partial charge on any atom is -0.338 e. The van der Waals surface area contributed by atoms with E-state index in [0.717, 1.165) is 0 Å². The van der Waals surface area contributed by atoms with Crippen LogP contribution in [0.5, 0.6) is 0 Å². The molecule has 6 heteroatoms. The second-order valence-electron chi connectivity index (χ2n) is 1.99. The van der Waals surface area contributed by atoms with Gasteiger partial charge in [0.25, 0.3) is 0 Å². The van der Waals surface area contributed by atoms with Gasteiger partial charge in [-0.25, -0.2) is 0 Å². The lowest BCUT2D eigenvalue weighted by Gasteiger charge is -2.41. The summed E-state index contributed by atoms with van der Waals surface area (Å²) in [5, 5.41) is 0. The standard InChI is InChI=1S/C4H3Cl5O/c5-3(6)1-2(10-3)4(7,8)9/h2H,1H2. The normalized spacial score (nSPS) is 31.5. The minimum atomic E-state index is -1.42. The lowest BCUT2D eigenvalue weighted by Crippen LogP contribution is -2.48. The van der Waals surface area contributed by atoms with Crippen LogP contribution >= 0.6 is 58.0 Å². The molecule has 1 atom stereocenters. The molecule has 1 rings (SSSR count). The second-order valence-corrected chi connectivity index (χ2v) is 5.77. The summed E-state index contributed by atoms with van der Waals surface area (Å²) in [5.74, 6) is 0. The van der Waals surface area contributed by atoms with Crippen molar-refractivity contribution in [3.63, 3.8) is 0 Å². The van der Waals surface area contributed by atoms with Crippen LogP contribution in [-0.2, 0) is 4.74 Å². The van der Waals surface area contributed by atoms with Crippen molar-refractivity contribution >= 4 is 58.0 Å². The number of rotatable bonds is 0. The van der Waals surface area contributed by atoms with E-state index in [1.807, 2.05) is 0 Å². The van der Waals surface area contributed by atoms with E-state index in [1.165, 1.54) is 0 Å². The van der Waals surface area contributed by atoms with E-state index < -0.39 is 14.4 Å². The molecule has 60 valence electrons. The summed E-state index contributed by atoms with van der Waals surface area (Å²) >= 11 is 27.3. The molecular weight excluding hydrogens is 241 g/mol. The summed E-state index contributed by atoms with van der Waals surface area (Å²) in [6, 6.07) is 0. The van der Waals surface area contributed by atoms with Crippen molar-refractivity contribution in [1.29, 1.82) is 0 Å². The zero-order valence-electron chi connectivity index (χ0n) is 4.58. The number of hydrogen-bond donors (Lipinski definition) is 0. The Hall–Kier alpha value is 1.41. The van der Waals surface area contributed by atoms with Crippen molar-refractivity contribution in [2.24, 2.45) is 0 Å². The SMILES string of the molecule is ClC1(Cl)CC(C(Cl)(Cl)Cl)O1. The van der Waals surface area contributed by atoms with Gasteiger partial charge in [-0.2, -0.15) is 0 Å². The number of hydrogen-bond acceptors (Lipinski definition) is 1. The summed E-state index contributed by atoms with van der Waals surface area (Å²) in [6.07, 6.45) is -0.153. The molecule has 1 unspecified atom stereocenters. The van der Waals surface area contributed by atoms with Gasteiger partial charge in [-0.15, -0.1) is 0 Å². The first-order chi connectivity index (χ1) is 4.31. The Morgan fingerprint density at radius 1 is 1.30 bits per heavy atom. The fourth-order valence-corrected chi connectivity index (χ4v) is 1.46. The Kier molecular flexibility index (Phi) is 2.58. The van der Waals surface area contributed by atoms with Crippen LogP contribution in [-0.4, -0.2) is 14.4 Å². The van der Waals surface area contributed by atoms with Crippen molar-refractivity contribution in [1.82, 2.24) is 0 Å². The van der Waals surface area contributed by atoms with Crippen LogP contribution in [0, 0.1) is 0 Å². The van der Waals surface area contributed by atoms with E-state index in [4.69, 9.17) is 62.7 Å². The number of halogens is 5. The molecule has 0 N–H and O–H groups in total. The largest absolute Gasteiger partial charge is 0.338 e. The van der Waals surface area contributed by atoms with Crippen molar-refractivity contribution < 1.29 is 4.74 Å². The van der Waals surface area contributed by atoms with Crippen LogP contribution in [0.4, 0.5) is 0 Å². The maximum atomic E-state index is 5.47. The first kappa shape index (κ1) is 9.50. The number of alkyl halides is 5. The van der Waals surface area contributed by atoms with Gasteiger partial charge in [0.1, 0.15) is 6.10 Å². The highest BCUT2D eigenvalue weighted by Gasteiger charge is 2.51. The van der Waals surface area contributed by atoms with E-state index in [-0.39, 0.29) is 0 Å². The molecule has 0 amide bonds. The minimum absolute atomic E-state index is 0.340. The quantitative estimate of drug-likeness (QED) is 0.594. The maximum absolute atomic E-state index is 5.47.